The van der Waals surface area contributed by atoms with Crippen LogP contribution in [-0.2, 0) is 9.13 Å². The molecule has 2 atom stereocenters. The highest BCUT2D eigenvalue weighted by molar-refractivity contribution is 7.73. The molecule has 238 valence electrons. The first-order chi connectivity index (χ1) is 21.2. The average Bonchev–Trinajstić information content (AvgIpc) is 3.08. The Hall–Kier alpha value is -2.82. The Morgan fingerprint density at radius 1 is 0.477 bits per heavy atom. The van der Waals surface area contributed by atoms with Gasteiger partial charge < -0.3 is 20.0 Å². The van der Waals surface area contributed by atoms with E-state index in [1.165, 1.54) is 12.8 Å². The summed E-state index contributed by atoms with van der Waals surface area (Å²) in [6.07, 6.45) is 6.77. The molecule has 0 spiro atoms. The van der Waals surface area contributed by atoms with Gasteiger partial charge in [-0.15, -0.1) is 0 Å². The summed E-state index contributed by atoms with van der Waals surface area (Å²) in [7, 11) is -6.79. The molecule has 0 bridgehead atoms. The maximum atomic E-state index is 12.2. The second-order valence-corrected chi connectivity index (χ2v) is 15.0. The van der Waals surface area contributed by atoms with E-state index in [0.29, 0.717) is 33.1 Å². The van der Waals surface area contributed by atoms with Crippen LogP contribution in [-0.4, -0.2) is 33.2 Å². The van der Waals surface area contributed by atoms with Crippen molar-refractivity contribution in [2.24, 2.45) is 11.8 Å². The van der Waals surface area contributed by atoms with Crippen LogP contribution in [0, 0.1) is 11.8 Å². The van der Waals surface area contributed by atoms with Gasteiger partial charge in [-0.3, -0.25) is 9.13 Å². The Morgan fingerprint density at radius 3 is 0.886 bits per heavy atom. The molecule has 8 heteroatoms. The van der Waals surface area contributed by atoms with Crippen molar-refractivity contribution < 1.29 is 29.1 Å². The molecule has 44 heavy (non-hydrogen) atoms. The molecule has 2 unspecified atom stereocenters. The lowest BCUT2D eigenvalue weighted by atomic mass is 9.85. The van der Waals surface area contributed by atoms with E-state index in [1.54, 1.807) is 97.1 Å². The molecule has 0 fully saturated rings. The molecule has 6 nitrogen and oxygen atoms in total. The number of aliphatic hydroxyl groups is 2. The summed E-state index contributed by atoms with van der Waals surface area (Å²) < 4.78 is 24.3. The largest absolute Gasteiger partial charge is 0.396 e. The van der Waals surface area contributed by atoms with Gasteiger partial charge in [0.25, 0.3) is 14.7 Å². The Kier molecular flexibility index (Phi) is 17.2. The molecule has 4 rings (SSSR count). The van der Waals surface area contributed by atoms with Crippen LogP contribution in [0.3, 0.4) is 0 Å². The van der Waals surface area contributed by atoms with Gasteiger partial charge in [-0.1, -0.05) is 112 Å². The van der Waals surface area contributed by atoms with Gasteiger partial charge in [0.15, 0.2) is 0 Å². The van der Waals surface area contributed by atoms with Crippen LogP contribution in [0.15, 0.2) is 121 Å². The summed E-state index contributed by atoms with van der Waals surface area (Å²) in [6.45, 7) is 4.78. The highest BCUT2D eigenvalue weighted by Crippen LogP contribution is 2.38. The van der Waals surface area contributed by atoms with Gasteiger partial charge in [-0.2, -0.15) is 0 Å². The van der Waals surface area contributed by atoms with Crippen LogP contribution in [0.25, 0.3) is 0 Å². The second kappa shape index (κ2) is 20.3. The molecular weight excluding hydrogens is 590 g/mol. The van der Waals surface area contributed by atoms with Gasteiger partial charge in [0.1, 0.15) is 0 Å². The van der Waals surface area contributed by atoms with E-state index in [9.17, 15) is 29.1 Å². The van der Waals surface area contributed by atoms with Gasteiger partial charge >= 0.3 is 0 Å². The van der Waals surface area contributed by atoms with Crippen molar-refractivity contribution in [2.75, 3.05) is 13.2 Å². The number of aliphatic hydroxyl groups excluding tert-OH is 2. The fourth-order valence-electron chi connectivity index (χ4n) is 4.70. The zero-order valence-electron chi connectivity index (χ0n) is 25.9. The predicted molar refractivity (Wildman–Crippen MR) is 184 cm³/mol. The molecule has 0 aliphatic carbocycles. The lowest BCUT2D eigenvalue weighted by molar-refractivity contribution is 0.105. The molecule has 4 N–H and O–H groups in total. The molecule has 0 aliphatic rings. The molecule has 0 saturated carbocycles. The SMILES string of the molecule is CCCCC(CO)C(CO)CCCC.O=P(O)(c1ccccc1)c1ccccc1.O=P(O)(c1ccccc1)c1ccccc1. The summed E-state index contributed by atoms with van der Waals surface area (Å²) >= 11 is 0. The van der Waals surface area contributed by atoms with Crippen molar-refractivity contribution in [3.63, 3.8) is 0 Å². The standard InChI is InChI=1S/2C12H11O2P.C12H26O2/c2*13-15(14,11-7-3-1-4-8-11)12-9-5-2-6-10-12;1-3-5-7-11(9-13)12(10-14)8-6-4-2/h2*1-10H,(H,13,14);11-14H,3-10H2,1-2H3. The van der Waals surface area contributed by atoms with Gasteiger partial charge in [-0.25, -0.2) is 0 Å². The molecule has 4 aromatic carbocycles. The van der Waals surface area contributed by atoms with Gasteiger partial charge in [-0.05, 0) is 73.2 Å². The summed E-state index contributed by atoms with van der Waals surface area (Å²) in [6, 6.07) is 34.8. The monoisotopic (exact) mass is 638 g/mol. The Morgan fingerprint density at radius 2 is 0.705 bits per heavy atom. The minimum atomic E-state index is -3.40. The number of rotatable bonds is 13. The van der Waals surface area contributed by atoms with Crippen molar-refractivity contribution in [1.29, 1.82) is 0 Å². The van der Waals surface area contributed by atoms with E-state index in [0.717, 1.165) is 25.7 Å². The zero-order chi connectivity index (χ0) is 32.3. The number of hydrogen-bond acceptors (Lipinski definition) is 4. The minimum Gasteiger partial charge on any atom is -0.396 e. The highest BCUT2D eigenvalue weighted by atomic mass is 31.2. The van der Waals surface area contributed by atoms with E-state index in [1.807, 2.05) is 24.3 Å². The normalized spacial score (nSPS) is 12.6. The molecule has 0 aliphatic heterocycles. The second-order valence-electron chi connectivity index (χ2n) is 10.7. The van der Waals surface area contributed by atoms with E-state index in [2.05, 4.69) is 13.8 Å². The molecule has 0 aromatic heterocycles. The average molecular weight is 639 g/mol. The van der Waals surface area contributed by atoms with Crippen molar-refractivity contribution in [3.05, 3.63) is 121 Å². The van der Waals surface area contributed by atoms with E-state index in [-0.39, 0.29) is 13.2 Å². The minimum absolute atomic E-state index is 0.231. The van der Waals surface area contributed by atoms with Gasteiger partial charge in [0.2, 0.25) is 0 Å². The molecule has 0 saturated heterocycles. The Labute approximate surface area is 263 Å². The number of unbranched alkanes of at least 4 members (excludes halogenated alkanes) is 2. The summed E-state index contributed by atoms with van der Waals surface area (Å²) in [5, 5.41) is 20.4. The number of hydrogen-bond donors (Lipinski definition) is 4. The summed E-state index contributed by atoms with van der Waals surface area (Å²) in [4.78, 5) is 20.0. The van der Waals surface area contributed by atoms with Crippen molar-refractivity contribution in [2.45, 2.75) is 52.4 Å². The lowest BCUT2D eigenvalue weighted by Gasteiger charge is -2.23. The van der Waals surface area contributed by atoms with E-state index in [4.69, 9.17) is 0 Å². The van der Waals surface area contributed by atoms with Crippen LogP contribution in [0.4, 0.5) is 0 Å². The molecular formula is C36H48O6P2. The predicted octanol–water partition coefficient (Wildman–Crippen LogP) is 6.40. The fourth-order valence-corrected chi connectivity index (χ4v) is 7.60. The smallest absolute Gasteiger partial charge is 0.258 e. The summed E-state index contributed by atoms with van der Waals surface area (Å²) in [5.74, 6) is 0.623. The first kappa shape index (κ1) is 37.4. The van der Waals surface area contributed by atoms with E-state index >= 15 is 0 Å². The van der Waals surface area contributed by atoms with Crippen LogP contribution < -0.4 is 21.2 Å². The van der Waals surface area contributed by atoms with Crippen LogP contribution >= 0.6 is 14.7 Å². The maximum absolute atomic E-state index is 12.2. The van der Waals surface area contributed by atoms with E-state index < -0.39 is 14.7 Å². The Balaban J connectivity index is 0.000000231. The lowest BCUT2D eigenvalue weighted by Crippen LogP contribution is -2.22. The first-order valence-corrected chi connectivity index (χ1v) is 18.6. The van der Waals surface area contributed by atoms with Gasteiger partial charge in [0, 0.05) is 34.4 Å². The molecule has 4 aromatic rings. The van der Waals surface area contributed by atoms with Crippen molar-refractivity contribution in [3.8, 4) is 0 Å². The van der Waals surface area contributed by atoms with Crippen molar-refractivity contribution in [1.82, 2.24) is 0 Å². The van der Waals surface area contributed by atoms with Crippen molar-refractivity contribution >= 4 is 36.0 Å². The summed E-state index contributed by atoms with van der Waals surface area (Å²) in [5.41, 5.74) is 0. The van der Waals surface area contributed by atoms with Crippen LogP contribution in [0.2, 0.25) is 0 Å². The third-order valence-electron chi connectivity index (χ3n) is 7.42. The molecule has 0 radical (unpaired) electrons. The van der Waals surface area contributed by atoms with Gasteiger partial charge in [0.05, 0.1) is 0 Å². The topological polar surface area (TPSA) is 115 Å². The molecule has 0 amide bonds. The third kappa shape index (κ3) is 11.9. The molecule has 0 heterocycles. The third-order valence-corrected chi connectivity index (χ3v) is 11.4. The Bertz CT molecular complexity index is 1190. The quantitative estimate of drug-likeness (QED) is 0.126. The van der Waals surface area contributed by atoms with Crippen LogP contribution in [0.5, 0.6) is 0 Å². The zero-order valence-corrected chi connectivity index (χ0v) is 27.6. The first-order valence-electron chi connectivity index (χ1n) is 15.3. The fraction of sp³-hybridized carbons (Fsp3) is 0.333. The number of benzene rings is 4. The maximum Gasteiger partial charge on any atom is 0.258 e. The highest BCUT2D eigenvalue weighted by Gasteiger charge is 2.24. The van der Waals surface area contributed by atoms with Crippen LogP contribution in [0.1, 0.15) is 52.4 Å².